The molecule has 0 radical (unpaired) electrons. The first-order chi connectivity index (χ1) is 11.0. The van der Waals surface area contributed by atoms with Gasteiger partial charge in [-0.25, -0.2) is 4.79 Å². The molecular formula is C15H32N2O6. The topological polar surface area (TPSA) is 115 Å². The summed E-state index contributed by atoms with van der Waals surface area (Å²) in [5.74, 6) is 0. The number of primary amides is 1. The summed E-state index contributed by atoms with van der Waals surface area (Å²) in [4.78, 5) is 10.7. The largest absolute Gasteiger partial charge is 0.444 e. The first-order valence-corrected chi connectivity index (χ1v) is 7.97. The number of nitrogens with two attached hydrogens (primary N) is 2. The van der Waals surface area contributed by atoms with Crippen LogP contribution in [0.3, 0.4) is 0 Å². The Bertz CT molecular complexity index is 289. The quantitative estimate of drug-likeness (QED) is 0.398. The van der Waals surface area contributed by atoms with Gasteiger partial charge in [0, 0.05) is 13.2 Å². The summed E-state index contributed by atoms with van der Waals surface area (Å²) in [6.07, 6.45) is 0.723. The van der Waals surface area contributed by atoms with Crippen LogP contribution >= 0.6 is 0 Å². The Morgan fingerprint density at radius 1 is 0.826 bits per heavy atom. The van der Waals surface area contributed by atoms with E-state index < -0.39 is 11.7 Å². The summed E-state index contributed by atoms with van der Waals surface area (Å²) in [6, 6.07) is 0. The Morgan fingerprint density at radius 3 is 1.70 bits per heavy atom. The van der Waals surface area contributed by atoms with Crippen molar-refractivity contribution in [3.05, 3.63) is 0 Å². The van der Waals surface area contributed by atoms with Crippen LogP contribution in [0.25, 0.3) is 0 Å². The fourth-order valence-electron chi connectivity index (χ4n) is 1.77. The molecule has 1 amide bonds. The normalized spacial score (nSPS) is 11.6. The van der Waals surface area contributed by atoms with E-state index in [9.17, 15) is 4.79 Å². The van der Waals surface area contributed by atoms with E-state index in [4.69, 9.17) is 35.2 Å². The first kappa shape index (κ1) is 22.1. The van der Waals surface area contributed by atoms with Crippen LogP contribution in [0.5, 0.6) is 0 Å². The maximum absolute atomic E-state index is 10.7. The van der Waals surface area contributed by atoms with E-state index in [0.29, 0.717) is 65.8 Å². The van der Waals surface area contributed by atoms with Crippen molar-refractivity contribution in [1.29, 1.82) is 0 Å². The number of carbonyl (C=O) groups is 1. The Balaban J connectivity index is 3.20. The first-order valence-electron chi connectivity index (χ1n) is 7.97. The van der Waals surface area contributed by atoms with Crippen molar-refractivity contribution in [2.24, 2.45) is 11.5 Å². The van der Waals surface area contributed by atoms with E-state index in [1.54, 1.807) is 0 Å². The Labute approximate surface area is 138 Å². The van der Waals surface area contributed by atoms with E-state index in [2.05, 4.69) is 0 Å². The van der Waals surface area contributed by atoms with Crippen molar-refractivity contribution in [2.45, 2.75) is 32.3 Å². The molecule has 23 heavy (non-hydrogen) atoms. The van der Waals surface area contributed by atoms with Crippen LogP contribution in [0, 0.1) is 0 Å². The zero-order valence-electron chi connectivity index (χ0n) is 14.4. The lowest BCUT2D eigenvalue weighted by Crippen LogP contribution is -2.31. The molecule has 0 spiro atoms. The fraction of sp³-hybridized carbons (Fsp3) is 0.933. The van der Waals surface area contributed by atoms with Gasteiger partial charge in [-0.3, -0.25) is 0 Å². The SMILES string of the molecule is CC(C)(CCCOCCOCCOCCOCCN)OC(N)=O. The maximum Gasteiger partial charge on any atom is 0.405 e. The van der Waals surface area contributed by atoms with Crippen LogP contribution in [-0.4, -0.2) is 71.1 Å². The highest BCUT2D eigenvalue weighted by Crippen LogP contribution is 2.16. The lowest BCUT2D eigenvalue weighted by atomic mass is 10.0. The minimum atomic E-state index is -0.752. The van der Waals surface area contributed by atoms with Crippen molar-refractivity contribution in [3.63, 3.8) is 0 Å². The molecule has 0 saturated heterocycles. The van der Waals surface area contributed by atoms with Gasteiger partial charge in [-0.1, -0.05) is 0 Å². The minimum Gasteiger partial charge on any atom is -0.444 e. The molecule has 0 unspecified atom stereocenters. The zero-order valence-corrected chi connectivity index (χ0v) is 14.4. The number of amides is 1. The average molecular weight is 336 g/mol. The second kappa shape index (κ2) is 14.6. The van der Waals surface area contributed by atoms with E-state index in [1.807, 2.05) is 13.8 Å². The monoisotopic (exact) mass is 336 g/mol. The molecule has 0 fully saturated rings. The molecule has 0 bridgehead atoms. The zero-order chi connectivity index (χ0) is 17.4. The molecule has 8 heteroatoms. The Hall–Kier alpha value is -0.930. The van der Waals surface area contributed by atoms with E-state index in [-0.39, 0.29) is 0 Å². The van der Waals surface area contributed by atoms with Gasteiger partial charge in [0.1, 0.15) is 5.60 Å². The molecule has 138 valence electrons. The highest BCUT2D eigenvalue weighted by molar-refractivity contribution is 5.65. The standard InChI is InChI=1S/C15H32N2O6/c1-15(2,23-14(17)18)4-3-6-19-8-10-21-12-13-22-11-9-20-7-5-16/h3-13,16H2,1-2H3,(H2,17,18). The summed E-state index contributed by atoms with van der Waals surface area (Å²) in [6.45, 7) is 8.52. The summed E-state index contributed by atoms with van der Waals surface area (Å²) < 4.78 is 26.3. The van der Waals surface area contributed by atoms with Gasteiger partial charge < -0.3 is 35.2 Å². The molecule has 0 aliphatic rings. The Kier molecular flexibility index (Phi) is 14.1. The van der Waals surface area contributed by atoms with Gasteiger partial charge in [-0.2, -0.15) is 0 Å². The van der Waals surface area contributed by atoms with Gasteiger partial charge in [0.25, 0.3) is 0 Å². The second-order valence-electron chi connectivity index (χ2n) is 5.52. The molecule has 8 nitrogen and oxygen atoms in total. The number of carbonyl (C=O) groups excluding carboxylic acids is 1. The van der Waals surface area contributed by atoms with Gasteiger partial charge in [0.05, 0.1) is 46.2 Å². The number of hydrogen-bond acceptors (Lipinski definition) is 7. The molecule has 0 aromatic carbocycles. The van der Waals surface area contributed by atoms with Gasteiger partial charge >= 0.3 is 6.09 Å². The van der Waals surface area contributed by atoms with E-state index in [0.717, 1.165) is 6.42 Å². The molecule has 0 atom stereocenters. The number of rotatable bonds is 16. The molecule has 0 aromatic rings. The Morgan fingerprint density at radius 2 is 1.26 bits per heavy atom. The molecule has 0 aliphatic heterocycles. The van der Waals surface area contributed by atoms with Crippen molar-refractivity contribution < 1.29 is 28.5 Å². The summed E-state index contributed by atoms with van der Waals surface area (Å²) in [7, 11) is 0. The third kappa shape index (κ3) is 17.3. The van der Waals surface area contributed by atoms with Crippen LogP contribution in [-0.2, 0) is 23.7 Å². The van der Waals surface area contributed by atoms with Crippen molar-refractivity contribution in [3.8, 4) is 0 Å². The molecule has 0 rings (SSSR count). The minimum absolute atomic E-state index is 0.522. The highest BCUT2D eigenvalue weighted by atomic mass is 16.6. The maximum atomic E-state index is 10.7. The summed E-state index contributed by atoms with van der Waals surface area (Å²) in [5.41, 5.74) is 9.72. The highest BCUT2D eigenvalue weighted by Gasteiger charge is 2.20. The van der Waals surface area contributed by atoms with Crippen LogP contribution in [0.15, 0.2) is 0 Å². The summed E-state index contributed by atoms with van der Waals surface area (Å²) >= 11 is 0. The average Bonchev–Trinajstić information content (AvgIpc) is 2.46. The van der Waals surface area contributed by atoms with Crippen LogP contribution in [0.2, 0.25) is 0 Å². The molecule has 0 aliphatic carbocycles. The molecule has 4 N–H and O–H groups in total. The second-order valence-corrected chi connectivity index (χ2v) is 5.52. The van der Waals surface area contributed by atoms with E-state index in [1.165, 1.54) is 0 Å². The van der Waals surface area contributed by atoms with Crippen molar-refractivity contribution in [2.75, 3.05) is 59.4 Å². The molecule has 0 heterocycles. The lowest BCUT2D eigenvalue weighted by Gasteiger charge is -2.23. The van der Waals surface area contributed by atoms with Gasteiger partial charge in [-0.15, -0.1) is 0 Å². The predicted molar refractivity (Wildman–Crippen MR) is 86.3 cm³/mol. The molecule has 0 aromatic heterocycles. The van der Waals surface area contributed by atoms with Gasteiger partial charge in [0.15, 0.2) is 0 Å². The number of hydrogen-bond donors (Lipinski definition) is 2. The third-order valence-electron chi connectivity index (χ3n) is 2.82. The molecule has 0 saturated carbocycles. The van der Waals surface area contributed by atoms with Crippen molar-refractivity contribution in [1.82, 2.24) is 0 Å². The molecular weight excluding hydrogens is 304 g/mol. The smallest absolute Gasteiger partial charge is 0.405 e. The fourth-order valence-corrected chi connectivity index (χ4v) is 1.77. The van der Waals surface area contributed by atoms with Crippen LogP contribution < -0.4 is 11.5 Å². The third-order valence-corrected chi connectivity index (χ3v) is 2.82. The number of ether oxygens (including phenoxy) is 5. The van der Waals surface area contributed by atoms with Crippen molar-refractivity contribution >= 4 is 6.09 Å². The van der Waals surface area contributed by atoms with E-state index >= 15 is 0 Å². The van der Waals surface area contributed by atoms with Gasteiger partial charge in [0.2, 0.25) is 0 Å². The van der Waals surface area contributed by atoms with Crippen LogP contribution in [0.4, 0.5) is 4.79 Å². The van der Waals surface area contributed by atoms with Crippen LogP contribution in [0.1, 0.15) is 26.7 Å². The lowest BCUT2D eigenvalue weighted by molar-refractivity contribution is -0.00503. The van der Waals surface area contributed by atoms with Gasteiger partial charge in [-0.05, 0) is 26.7 Å². The predicted octanol–water partition coefficient (Wildman–Crippen LogP) is 0.666. The summed E-state index contributed by atoms with van der Waals surface area (Å²) in [5, 5.41) is 0.